The van der Waals surface area contributed by atoms with Crippen LogP contribution in [0.3, 0.4) is 0 Å². The first-order valence-electron chi connectivity index (χ1n) is 6.94. The van der Waals surface area contributed by atoms with Gasteiger partial charge in [-0.05, 0) is 37.9 Å². The van der Waals surface area contributed by atoms with Crippen LogP contribution in [0.15, 0.2) is 24.3 Å². The molecule has 2 aliphatic rings. The Hall–Kier alpha value is -1.95. The number of carbonyl (C=O) groups is 1. The number of non-ortho nitro benzene ring substituents is 1. The molecule has 0 saturated carbocycles. The highest BCUT2D eigenvalue weighted by Gasteiger charge is 2.38. The van der Waals surface area contributed by atoms with E-state index in [4.69, 9.17) is 0 Å². The average molecular weight is 275 g/mol. The standard InChI is InChI=1S/C14H17N3O3/c18-14(10-1-3-12(4-2-10)17(19)20)16-11-5-6-13(16)9-15-8-7-11/h1-4,11,13,15H,5-9H2. The number of fused-ring (bicyclic) bond motifs is 2. The molecule has 0 radical (unpaired) electrons. The molecule has 2 bridgehead atoms. The van der Waals surface area contributed by atoms with Gasteiger partial charge in [0.05, 0.1) is 4.92 Å². The summed E-state index contributed by atoms with van der Waals surface area (Å²) in [4.78, 5) is 24.8. The van der Waals surface area contributed by atoms with Gasteiger partial charge in [-0.3, -0.25) is 14.9 Å². The maximum absolute atomic E-state index is 12.6. The Bertz CT molecular complexity index is 515. The Morgan fingerprint density at radius 3 is 2.60 bits per heavy atom. The first-order valence-corrected chi connectivity index (χ1v) is 6.94. The van der Waals surface area contributed by atoms with E-state index in [1.54, 1.807) is 12.1 Å². The summed E-state index contributed by atoms with van der Waals surface area (Å²) in [5, 5.41) is 14.0. The average Bonchev–Trinajstić information content (AvgIpc) is 2.71. The fraction of sp³-hybridized carbons (Fsp3) is 0.500. The van der Waals surface area contributed by atoms with Crippen molar-refractivity contribution in [3.63, 3.8) is 0 Å². The second-order valence-corrected chi connectivity index (χ2v) is 5.39. The first-order chi connectivity index (χ1) is 9.66. The molecule has 20 heavy (non-hydrogen) atoms. The van der Waals surface area contributed by atoms with Crippen LogP contribution in [0.4, 0.5) is 5.69 Å². The summed E-state index contributed by atoms with van der Waals surface area (Å²) in [6, 6.07) is 6.45. The number of hydrogen-bond donors (Lipinski definition) is 1. The molecule has 0 spiro atoms. The summed E-state index contributed by atoms with van der Waals surface area (Å²) in [6.07, 6.45) is 3.08. The lowest BCUT2D eigenvalue weighted by Gasteiger charge is -2.27. The van der Waals surface area contributed by atoms with E-state index in [1.165, 1.54) is 12.1 Å². The van der Waals surface area contributed by atoms with Crippen LogP contribution in [0.5, 0.6) is 0 Å². The quantitative estimate of drug-likeness (QED) is 0.656. The molecular formula is C14H17N3O3. The van der Waals surface area contributed by atoms with Crippen molar-refractivity contribution in [2.24, 2.45) is 0 Å². The molecule has 0 aromatic heterocycles. The highest BCUT2D eigenvalue weighted by molar-refractivity contribution is 5.95. The van der Waals surface area contributed by atoms with Gasteiger partial charge in [-0.25, -0.2) is 0 Å². The van der Waals surface area contributed by atoms with Crippen molar-refractivity contribution in [3.05, 3.63) is 39.9 Å². The number of nitrogens with zero attached hydrogens (tertiary/aromatic N) is 2. The van der Waals surface area contributed by atoms with Gasteiger partial charge in [-0.2, -0.15) is 0 Å². The van der Waals surface area contributed by atoms with E-state index in [1.807, 2.05) is 4.90 Å². The number of rotatable bonds is 2. The van der Waals surface area contributed by atoms with Crippen molar-refractivity contribution in [1.82, 2.24) is 10.2 Å². The minimum absolute atomic E-state index is 0.00361. The zero-order chi connectivity index (χ0) is 14.1. The monoisotopic (exact) mass is 275 g/mol. The molecule has 1 aromatic rings. The smallest absolute Gasteiger partial charge is 0.269 e. The third-order valence-electron chi connectivity index (χ3n) is 4.21. The van der Waals surface area contributed by atoms with E-state index in [0.717, 1.165) is 32.4 Å². The Balaban J connectivity index is 1.83. The predicted molar refractivity (Wildman–Crippen MR) is 73.6 cm³/mol. The van der Waals surface area contributed by atoms with Crippen LogP contribution in [0.25, 0.3) is 0 Å². The van der Waals surface area contributed by atoms with Crippen molar-refractivity contribution >= 4 is 11.6 Å². The van der Waals surface area contributed by atoms with Crippen molar-refractivity contribution in [2.45, 2.75) is 31.3 Å². The van der Waals surface area contributed by atoms with Crippen LogP contribution in [0.1, 0.15) is 29.6 Å². The topological polar surface area (TPSA) is 75.5 Å². The predicted octanol–water partition coefficient (Wildman–Crippen LogP) is 1.56. The van der Waals surface area contributed by atoms with E-state index < -0.39 is 4.92 Å². The van der Waals surface area contributed by atoms with Crippen LogP contribution in [0.2, 0.25) is 0 Å². The number of nitro benzene ring substituents is 1. The fourth-order valence-electron chi connectivity index (χ4n) is 3.19. The van der Waals surface area contributed by atoms with Crippen molar-refractivity contribution < 1.29 is 9.72 Å². The number of hydrogen-bond acceptors (Lipinski definition) is 4. The third kappa shape index (κ3) is 2.27. The maximum Gasteiger partial charge on any atom is 0.269 e. The molecule has 106 valence electrons. The molecule has 6 heteroatoms. The van der Waals surface area contributed by atoms with Crippen molar-refractivity contribution in [1.29, 1.82) is 0 Å². The molecule has 2 saturated heterocycles. The molecule has 1 N–H and O–H groups in total. The number of amides is 1. The fourth-order valence-corrected chi connectivity index (χ4v) is 3.19. The van der Waals surface area contributed by atoms with Gasteiger partial charge in [0.1, 0.15) is 0 Å². The van der Waals surface area contributed by atoms with Crippen LogP contribution in [-0.4, -0.2) is 40.9 Å². The molecule has 1 aromatic carbocycles. The first kappa shape index (κ1) is 13.1. The van der Waals surface area contributed by atoms with Gasteiger partial charge in [0.25, 0.3) is 11.6 Å². The van der Waals surface area contributed by atoms with Crippen molar-refractivity contribution in [2.75, 3.05) is 13.1 Å². The van der Waals surface area contributed by atoms with Crippen LogP contribution in [-0.2, 0) is 0 Å². The summed E-state index contributed by atoms with van der Waals surface area (Å²) in [6.45, 7) is 1.79. The number of benzene rings is 1. The van der Waals surface area contributed by atoms with Gasteiger partial charge in [-0.1, -0.05) is 0 Å². The summed E-state index contributed by atoms with van der Waals surface area (Å²) in [7, 11) is 0. The minimum Gasteiger partial charge on any atom is -0.331 e. The molecule has 2 unspecified atom stereocenters. The van der Waals surface area contributed by atoms with Gasteiger partial charge in [0.2, 0.25) is 0 Å². The van der Waals surface area contributed by atoms with Gasteiger partial charge in [0.15, 0.2) is 0 Å². The molecule has 2 heterocycles. The molecular weight excluding hydrogens is 258 g/mol. The zero-order valence-corrected chi connectivity index (χ0v) is 11.1. The van der Waals surface area contributed by atoms with Crippen LogP contribution < -0.4 is 5.32 Å². The van der Waals surface area contributed by atoms with Gasteiger partial charge in [-0.15, -0.1) is 0 Å². The normalized spacial score (nSPS) is 25.3. The maximum atomic E-state index is 12.6. The summed E-state index contributed by atoms with van der Waals surface area (Å²) in [5.74, 6) is -0.00361. The summed E-state index contributed by atoms with van der Waals surface area (Å²) in [5.41, 5.74) is 0.552. The molecule has 2 aliphatic heterocycles. The molecule has 0 aliphatic carbocycles. The van der Waals surface area contributed by atoms with Gasteiger partial charge < -0.3 is 10.2 Å². The summed E-state index contributed by atoms with van der Waals surface area (Å²) >= 11 is 0. The Morgan fingerprint density at radius 1 is 1.20 bits per heavy atom. The number of nitrogens with one attached hydrogen (secondary N) is 1. The van der Waals surface area contributed by atoms with E-state index in [2.05, 4.69) is 5.32 Å². The molecule has 1 amide bonds. The lowest BCUT2D eigenvalue weighted by molar-refractivity contribution is -0.384. The highest BCUT2D eigenvalue weighted by Crippen LogP contribution is 2.29. The second kappa shape index (κ2) is 5.20. The largest absolute Gasteiger partial charge is 0.331 e. The molecule has 2 fully saturated rings. The van der Waals surface area contributed by atoms with Gasteiger partial charge >= 0.3 is 0 Å². The lowest BCUT2D eigenvalue weighted by atomic mass is 10.1. The minimum atomic E-state index is -0.451. The second-order valence-electron chi connectivity index (χ2n) is 5.39. The highest BCUT2D eigenvalue weighted by atomic mass is 16.6. The molecule has 3 rings (SSSR count). The molecule has 6 nitrogen and oxygen atoms in total. The van der Waals surface area contributed by atoms with E-state index in [0.29, 0.717) is 11.6 Å². The van der Waals surface area contributed by atoms with Gasteiger partial charge in [0, 0.05) is 36.3 Å². The van der Waals surface area contributed by atoms with E-state index in [-0.39, 0.29) is 17.6 Å². The van der Waals surface area contributed by atoms with E-state index in [9.17, 15) is 14.9 Å². The SMILES string of the molecule is O=C(c1ccc([N+](=O)[O-])cc1)N1C2CCNCC1CC2. The number of carbonyl (C=O) groups excluding carboxylic acids is 1. The van der Waals surface area contributed by atoms with Crippen LogP contribution in [0, 0.1) is 10.1 Å². The lowest BCUT2D eigenvalue weighted by Crippen LogP contribution is -2.42. The summed E-state index contributed by atoms with van der Waals surface area (Å²) < 4.78 is 0. The molecule has 2 atom stereocenters. The van der Waals surface area contributed by atoms with Crippen molar-refractivity contribution in [3.8, 4) is 0 Å². The number of nitro groups is 1. The van der Waals surface area contributed by atoms with E-state index >= 15 is 0 Å². The Labute approximate surface area is 116 Å². The third-order valence-corrected chi connectivity index (χ3v) is 4.21. The zero-order valence-electron chi connectivity index (χ0n) is 11.1. The van der Waals surface area contributed by atoms with Crippen LogP contribution >= 0.6 is 0 Å². The Kier molecular flexibility index (Phi) is 3.40. The Morgan fingerprint density at radius 2 is 1.90 bits per heavy atom.